The number of halogens is 8. The molecule has 0 bridgehead atoms. The van der Waals surface area contributed by atoms with Crippen LogP contribution in [0, 0.1) is 11.6 Å². The molecule has 12 heteroatoms. The number of pyridine rings is 1. The number of hydrogen-bond acceptors (Lipinski definition) is 1. The van der Waals surface area contributed by atoms with Gasteiger partial charge in [0.2, 0.25) is 0 Å². The minimum absolute atomic E-state index is 0. The molecular weight excluding hydrogens is 648 g/mol. The van der Waals surface area contributed by atoms with Gasteiger partial charge in [-0.2, -0.15) is 0 Å². The first kappa shape index (κ1) is 29.5. The zero-order valence-corrected chi connectivity index (χ0v) is 22.8. The van der Waals surface area contributed by atoms with Gasteiger partial charge in [-0.05, 0) is 72.8 Å². The van der Waals surface area contributed by atoms with Gasteiger partial charge in [-0.15, -0.1) is 0 Å². The second-order valence-corrected chi connectivity index (χ2v) is 13.6. The van der Waals surface area contributed by atoms with Gasteiger partial charge in [-0.3, -0.25) is 4.79 Å². The molecule has 4 aromatic carbocycles. The molecule has 0 N–H and O–H groups in total. The molecule has 0 unspecified atom stereocenters. The summed E-state index contributed by atoms with van der Waals surface area (Å²) in [5.41, 5.74) is 1.70. The van der Waals surface area contributed by atoms with Crippen LogP contribution in [0.15, 0.2) is 110 Å². The Morgan fingerprint density at radius 2 is 1.05 bits per heavy atom. The molecule has 1 heterocycles. The fourth-order valence-electron chi connectivity index (χ4n) is 3.90. The van der Waals surface area contributed by atoms with Crippen molar-refractivity contribution in [2.75, 3.05) is 0 Å². The Hall–Kier alpha value is -3.04. The second-order valence-electron chi connectivity index (χ2n) is 7.94. The van der Waals surface area contributed by atoms with Gasteiger partial charge in [0, 0.05) is 18.5 Å². The fourth-order valence-corrected chi connectivity index (χ4v) is 5.97. The Kier molecular flexibility index (Phi) is 8.53. The normalized spacial score (nSPS) is 12.4. The van der Waals surface area contributed by atoms with Crippen LogP contribution in [0.2, 0.25) is 0 Å². The molecule has 0 fully saturated rings. The van der Waals surface area contributed by atoms with Crippen molar-refractivity contribution in [2.24, 2.45) is 7.05 Å². The Morgan fingerprint density at radius 3 is 1.55 bits per heavy atom. The van der Waals surface area contributed by atoms with Crippen LogP contribution in [-0.2, 0) is 17.9 Å². The van der Waals surface area contributed by atoms with Crippen LogP contribution in [0.5, 0.6) is 0 Å². The Labute approximate surface area is 219 Å². The van der Waals surface area contributed by atoms with Crippen molar-refractivity contribution in [1.29, 1.82) is 0 Å². The summed E-state index contributed by atoms with van der Waals surface area (Å²) in [6, 6.07) is 26.1. The van der Waals surface area contributed by atoms with Crippen LogP contribution in [0.3, 0.4) is 0 Å². The number of nitrogens with zero attached hydrogens (tertiary/aromatic N) is 1. The van der Waals surface area contributed by atoms with Crippen LogP contribution in [0.1, 0.15) is 0 Å². The van der Waals surface area contributed by atoms with E-state index in [0.717, 1.165) is 25.7 Å². The van der Waals surface area contributed by atoms with E-state index in [4.69, 9.17) is 0 Å². The van der Waals surface area contributed by atoms with E-state index >= 15 is 0 Å². The summed E-state index contributed by atoms with van der Waals surface area (Å²) in [4.78, 5) is 16.0. The standard InChI is InChI=1S/C26H18F2NOS.6FH.Sb/c1-29-24-5-3-2-4-22(24)26(30)23-16-21(14-15-25(23)29)31(19-10-6-17(27)7-11-19)20-12-8-18(28)9-13-20;;;;;;;/h2-16H,1H3;6*1H;/q+1;;;;;;;+5/p-6. The van der Waals surface area contributed by atoms with Crippen molar-refractivity contribution < 1.29 is 27.6 Å². The monoisotopic (exact) mass is 665 g/mol. The summed E-state index contributed by atoms with van der Waals surface area (Å²) in [7, 11) is 1.33. The summed E-state index contributed by atoms with van der Waals surface area (Å²) in [6.07, 6.45) is 0. The first-order chi connectivity index (χ1) is 17.3. The van der Waals surface area contributed by atoms with Crippen molar-refractivity contribution in [1.82, 2.24) is 4.57 Å². The minimum atomic E-state index is -9.19. The van der Waals surface area contributed by atoms with Gasteiger partial charge in [-0.25, -0.2) is 8.78 Å². The molecule has 0 radical (unpaired) electrons. The van der Waals surface area contributed by atoms with E-state index in [1.807, 2.05) is 54.1 Å². The van der Waals surface area contributed by atoms with Crippen molar-refractivity contribution in [3.63, 3.8) is 0 Å². The van der Waals surface area contributed by atoms with E-state index in [2.05, 4.69) is 0 Å². The molecule has 0 amide bonds. The van der Waals surface area contributed by atoms with Crippen LogP contribution >= 0.6 is 0 Å². The van der Waals surface area contributed by atoms with Gasteiger partial charge in [0.15, 0.2) is 20.1 Å². The molecule has 0 spiro atoms. The second kappa shape index (κ2) is 11.0. The summed E-state index contributed by atoms with van der Waals surface area (Å²) in [5, 5.41) is 1.29. The van der Waals surface area contributed by atoms with Crippen LogP contribution in [0.25, 0.3) is 21.8 Å². The van der Waals surface area contributed by atoms with Crippen molar-refractivity contribution >= 4 is 53.0 Å². The summed E-state index contributed by atoms with van der Waals surface area (Å²) in [5.74, 6) is -0.629. The number of aromatic nitrogens is 1. The third-order valence-corrected chi connectivity index (χ3v) is 7.63. The first-order valence-electron chi connectivity index (χ1n) is 10.6. The molecule has 38 heavy (non-hydrogen) atoms. The van der Waals surface area contributed by atoms with Crippen LogP contribution < -0.4 is 10.1 Å². The van der Waals surface area contributed by atoms with E-state index in [1.165, 1.54) is 24.3 Å². The molecule has 5 aromatic rings. The van der Waals surface area contributed by atoms with Gasteiger partial charge in [0.25, 0.3) is 0 Å². The summed E-state index contributed by atoms with van der Waals surface area (Å²) < 4.78 is 78.7. The van der Waals surface area contributed by atoms with Crippen LogP contribution in [-0.4, -0.2) is 24.9 Å². The van der Waals surface area contributed by atoms with E-state index in [1.54, 1.807) is 24.3 Å². The average molecular weight is 666 g/mol. The maximum absolute atomic E-state index is 13.6. The van der Waals surface area contributed by atoms with Gasteiger partial charge < -0.3 is 9.27 Å². The van der Waals surface area contributed by atoms with Crippen LogP contribution in [0.4, 0.5) is 22.8 Å². The van der Waals surface area contributed by atoms with Gasteiger partial charge in [0.05, 0.1) is 27.3 Å². The molecule has 0 aliphatic heterocycles. The predicted molar refractivity (Wildman–Crippen MR) is 133 cm³/mol. The number of aryl methyl sites for hydroxylation is 1. The Balaban J connectivity index is 0.000000516. The molecule has 5 rings (SSSR count). The van der Waals surface area contributed by atoms with Crippen molar-refractivity contribution in [3.05, 3.63) is 113 Å². The fraction of sp³-hybridized carbons (Fsp3) is 0.0385. The summed E-state index contributed by atoms with van der Waals surface area (Å²) in [6.45, 7) is 0. The zero-order chi connectivity index (χ0) is 27.0. The first-order valence-corrected chi connectivity index (χ1v) is 16.7. The average Bonchev–Trinajstić information content (AvgIpc) is 2.83. The van der Waals surface area contributed by atoms with E-state index in [-0.39, 0.29) is 21.8 Å². The van der Waals surface area contributed by atoms with E-state index < -0.39 is 31.2 Å². The number of para-hydroxylation sites is 1. The maximum atomic E-state index is 13.6. The molecule has 200 valence electrons. The molecule has 0 atom stereocenters. The Bertz CT molecular complexity index is 1590. The molecule has 2 nitrogen and oxygen atoms in total. The third-order valence-electron chi connectivity index (χ3n) is 5.42. The number of rotatable bonds is 3. The zero-order valence-electron chi connectivity index (χ0n) is 19.4. The number of hydrogen-bond donors (Lipinski definition) is 0. The van der Waals surface area contributed by atoms with Crippen molar-refractivity contribution in [2.45, 2.75) is 14.7 Å². The van der Waals surface area contributed by atoms with Crippen molar-refractivity contribution in [3.8, 4) is 0 Å². The molecule has 0 saturated heterocycles. The number of fused-ring (bicyclic) bond motifs is 2. The third kappa shape index (κ3) is 7.08. The topological polar surface area (TPSA) is 22.0 Å². The van der Waals surface area contributed by atoms with Gasteiger partial charge in [0.1, 0.15) is 11.6 Å². The SMILES string of the molecule is Cn1c2ccccc2c(=O)c2cc([S+](c3ccc(F)cc3)c3ccc(F)cc3)ccc21.[F-].[F][Sb]([F])([F])([F])[F]. The molecular formula is C26H18F8NOSSb. The molecule has 0 saturated carbocycles. The predicted octanol–water partition coefficient (Wildman–Crippen LogP) is 4.79. The van der Waals surface area contributed by atoms with Gasteiger partial charge in [-0.1, -0.05) is 12.1 Å². The molecule has 0 aliphatic carbocycles. The Morgan fingerprint density at radius 1 is 0.632 bits per heavy atom. The van der Waals surface area contributed by atoms with Gasteiger partial charge >= 0.3 is 34.4 Å². The van der Waals surface area contributed by atoms with E-state index in [0.29, 0.717) is 10.8 Å². The number of benzene rings is 4. The molecule has 0 aliphatic rings. The summed E-state index contributed by atoms with van der Waals surface area (Å²) >= 11 is -9.19. The quantitative estimate of drug-likeness (QED) is 0.118. The van der Waals surface area contributed by atoms with E-state index in [9.17, 15) is 27.6 Å². The molecule has 1 aromatic heterocycles.